The first kappa shape index (κ1) is 12.7. The molecule has 0 aromatic heterocycles. The summed E-state index contributed by atoms with van der Waals surface area (Å²) < 4.78 is 13.1. The van der Waals surface area contributed by atoms with Crippen LogP contribution in [-0.2, 0) is 0 Å². The van der Waals surface area contributed by atoms with E-state index < -0.39 is 0 Å². The Morgan fingerprint density at radius 2 is 2.29 bits per heavy atom. The van der Waals surface area contributed by atoms with Gasteiger partial charge in [0.2, 0.25) is 0 Å². The van der Waals surface area contributed by atoms with Crippen molar-refractivity contribution in [1.82, 2.24) is 0 Å². The lowest BCUT2D eigenvalue weighted by Gasteiger charge is -2.08. The minimum Gasteiger partial charge on any atom is -0.334 e. The number of amidine groups is 1. The molecule has 1 unspecified atom stereocenters. The Morgan fingerprint density at radius 1 is 1.53 bits per heavy atom. The van der Waals surface area contributed by atoms with Crippen LogP contribution in [0.25, 0.3) is 0 Å². The molecular weight excluding hydrogens is 259 g/mol. The van der Waals surface area contributed by atoms with E-state index >= 15 is 0 Å². The molecule has 0 fully saturated rings. The molecule has 0 spiro atoms. The largest absolute Gasteiger partial charge is 0.334 e. The molecule has 17 heavy (non-hydrogen) atoms. The van der Waals surface area contributed by atoms with Gasteiger partial charge >= 0.3 is 0 Å². The van der Waals surface area contributed by atoms with Crippen LogP contribution in [0.4, 0.5) is 10.1 Å². The second-order valence-electron chi connectivity index (χ2n) is 4.31. The minimum atomic E-state index is -0.305. The molecular formula is C12H14ClFN2S. The Labute approximate surface area is 110 Å². The van der Waals surface area contributed by atoms with E-state index in [1.165, 1.54) is 12.1 Å². The number of hydrogen-bond donors (Lipinski definition) is 1. The third-order valence-corrected chi connectivity index (χ3v) is 3.93. The monoisotopic (exact) mass is 272 g/mol. The maximum atomic E-state index is 13.1. The van der Waals surface area contributed by atoms with Gasteiger partial charge in [0, 0.05) is 5.75 Å². The van der Waals surface area contributed by atoms with Crippen LogP contribution in [0.3, 0.4) is 0 Å². The highest BCUT2D eigenvalue weighted by molar-refractivity contribution is 8.14. The van der Waals surface area contributed by atoms with Gasteiger partial charge in [0.25, 0.3) is 0 Å². The fourth-order valence-electron chi connectivity index (χ4n) is 1.51. The normalized spacial score (nSPS) is 19.6. The molecule has 2 rings (SSSR count). The number of benzene rings is 1. The van der Waals surface area contributed by atoms with Gasteiger partial charge in [0.05, 0.1) is 16.8 Å². The number of anilines is 1. The zero-order chi connectivity index (χ0) is 12.4. The van der Waals surface area contributed by atoms with Crippen molar-refractivity contribution in [2.75, 3.05) is 11.1 Å². The van der Waals surface area contributed by atoms with Gasteiger partial charge in [-0.2, -0.15) is 0 Å². The predicted octanol–water partition coefficient (Wildman–Crippen LogP) is 4.02. The Balaban J connectivity index is 2.11. The molecule has 0 radical (unpaired) electrons. The van der Waals surface area contributed by atoms with Crippen LogP contribution in [0.5, 0.6) is 0 Å². The van der Waals surface area contributed by atoms with Gasteiger partial charge in [-0.05, 0) is 24.1 Å². The van der Waals surface area contributed by atoms with Crippen molar-refractivity contribution in [2.24, 2.45) is 10.9 Å². The van der Waals surface area contributed by atoms with Crippen molar-refractivity contribution in [3.8, 4) is 0 Å². The Kier molecular flexibility index (Phi) is 3.94. The molecule has 0 saturated carbocycles. The first-order valence-corrected chi connectivity index (χ1v) is 6.85. The number of nitrogens with one attached hydrogen (secondary N) is 1. The number of nitrogens with zero attached hydrogens (tertiary/aromatic N) is 1. The van der Waals surface area contributed by atoms with Crippen LogP contribution < -0.4 is 5.32 Å². The summed E-state index contributed by atoms with van der Waals surface area (Å²) in [6.45, 7) is 4.29. The van der Waals surface area contributed by atoms with Crippen LogP contribution in [0.1, 0.15) is 13.8 Å². The molecule has 0 bridgehead atoms. The highest BCUT2D eigenvalue weighted by Gasteiger charge is 2.21. The molecule has 0 aliphatic carbocycles. The van der Waals surface area contributed by atoms with Gasteiger partial charge in [0.1, 0.15) is 5.82 Å². The fourth-order valence-corrected chi connectivity index (χ4v) is 2.85. The lowest BCUT2D eigenvalue weighted by atomic mass is 10.1. The highest BCUT2D eigenvalue weighted by atomic mass is 35.5. The lowest BCUT2D eigenvalue weighted by Crippen LogP contribution is -2.12. The van der Waals surface area contributed by atoms with E-state index in [2.05, 4.69) is 24.2 Å². The minimum absolute atomic E-state index is 0.305. The van der Waals surface area contributed by atoms with Gasteiger partial charge in [0.15, 0.2) is 5.17 Å². The van der Waals surface area contributed by atoms with Crippen LogP contribution in [-0.4, -0.2) is 17.0 Å². The van der Waals surface area contributed by atoms with E-state index in [1.54, 1.807) is 17.8 Å². The summed E-state index contributed by atoms with van der Waals surface area (Å²) in [4.78, 5) is 4.54. The van der Waals surface area contributed by atoms with E-state index in [-0.39, 0.29) is 5.82 Å². The summed E-state index contributed by atoms with van der Waals surface area (Å²) in [5.74, 6) is 1.18. The van der Waals surface area contributed by atoms with Crippen LogP contribution in [0, 0.1) is 11.7 Å². The maximum absolute atomic E-state index is 13.1. The third-order valence-electron chi connectivity index (χ3n) is 2.61. The molecule has 5 heteroatoms. The quantitative estimate of drug-likeness (QED) is 0.879. The highest BCUT2D eigenvalue weighted by Crippen LogP contribution is 2.28. The molecule has 1 aromatic carbocycles. The van der Waals surface area contributed by atoms with Gasteiger partial charge in [-0.1, -0.05) is 37.2 Å². The summed E-state index contributed by atoms with van der Waals surface area (Å²) in [5.41, 5.74) is 0.572. The predicted molar refractivity (Wildman–Crippen MR) is 73.6 cm³/mol. The average molecular weight is 273 g/mol. The van der Waals surface area contributed by atoms with E-state index in [0.29, 0.717) is 22.7 Å². The average Bonchev–Trinajstić information content (AvgIpc) is 2.72. The topological polar surface area (TPSA) is 24.4 Å². The first-order valence-electron chi connectivity index (χ1n) is 5.49. The summed E-state index contributed by atoms with van der Waals surface area (Å²) in [5, 5.41) is 4.39. The molecule has 1 aromatic rings. The molecule has 1 heterocycles. The van der Waals surface area contributed by atoms with E-state index in [0.717, 1.165) is 10.9 Å². The van der Waals surface area contributed by atoms with E-state index in [9.17, 15) is 4.39 Å². The SMILES string of the molecule is CC(C)C1CSC(Nc2cc(F)ccc2Cl)=N1. The van der Waals surface area contributed by atoms with E-state index in [1.807, 2.05) is 0 Å². The molecule has 92 valence electrons. The van der Waals surface area contributed by atoms with Gasteiger partial charge in [-0.25, -0.2) is 4.39 Å². The van der Waals surface area contributed by atoms with Crippen molar-refractivity contribution in [1.29, 1.82) is 0 Å². The van der Waals surface area contributed by atoms with Crippen LogP contribution in [0.15, 0.2) is 23.2 Å². The maximum Gasteiger partial charge on any atom is 0.161 e. The summed E-state index contributed by atoms with van der Waals surface area (Å²) in [6.07, 6.45) is 0. The number of rotatable bonds is 2. The lowest BCUT2D eigenvalue weighted by molar-refractivity contribution is 0.543. The molecule has 0 amide bonds. The number of halogens is 2. The summed E-state index contributed by atoms with van der Waals surface area (Å²) in [6, 6.07) is 4.59. The van der Waals surface area contributed by atoms with Crippen molar-refractivity contribution < 1.29 is 4.39 Å². The van der Waals surface area contributed by atoms with E-state index in [4.69, 9.17) is 11.6 Å². The van der Waals surface area contributed by atoms with Crippen LogP contribution in [0.2, 0.25) is 5.02 Å². The Morgan fingerprint density at radius 3 is 2.94 bits per heavy atom. The fraction of sp³-hybridized carbons (Fsp3) is 0.417. The van der Waals surface area contributed by atoms with Crippen molar-refractivity contribution in [3.63, 3.8) is 0 Å². The Hall–Kier alpha value is -0.740. The Bertz CT molecular complexity index is 448. The smallest absolute Gasteiger partial charge is 0.161 e. The van der Waals surface area contributed by atoms with Gasteiger partial charge < -0.3 is 5.32 Å². The molecule has 1 atom stereocenters. The van der Waals surface area contributed by atoms with Crippen molar-refractivity contribution in [3.05, 3.63) is 29.0 Å². The zero-order valence-corrected chi connectivity index (χ0v) is 11.3. The summed E-state index contributed by atoms with van der Waals surface area (Å²) >= 11 is 7.63. The third kappa shape index (κ3) is 3.13. The van der Waals surface area contributed by atoms with Crippen molar-refractivity contribution in [2.45, 2.75) is 19.9 Å². The molecule has 1 aliphatic heterocycles. The molecule has 2 nitrogen and oxygen atoms in total. The van der Waals surface area contributed by atoms with Crippen LogP contribution >= 0.6 is 23.4 Å². The van der Waals surface area contributed by atoms with Gasteiger partial charge in [-0.3, -0.25) is 4.99 Å². The molecule has 1 N–H and O–H groups in total. The zero-order valence-electron chi connectivity index (χ0n) is 9.71. The van der Waals surface area contributed by atoms with Crippen molar-refractivity contribution >= 4 is 34.2 Å². The standard InChI is InChI=1S/C12H14ClFN2S/c1-7(2)11-6-17-12(16-11)15-10-5-8(14)3-4-9(10)13/h3-5,7,11H,6H2,1-2H3,(H,15,16). The summed E-state index contributed by atoms with van der Waals surface area (Å²) in [7, 11) is 0. The second-order valence-corrected chi connectivity index (χ2v) is 5.72. The number of aliphatic imine (C=N–C) groups is 1. The first-order chi connectivity index (χ1) is 8.06. The number of hydrogen-bond acceptors (Lipinski definition) is 3. The molecule has 0 saturated heterocycles. The number of thioether (sulfide) groups is 1. The van der Waals surface area contributed by atoms with Gasteiger partial charge in [-0.15, -0.1) is 0 Å². The molecule has 1 aliphatic rings. The second kappa shape index (κ2) is 5.27.